The van der Waals surface area contributed by atoms with Crippen molar-refractivity contribution in [1.29, 1.82) is 0 Å². The average molecular weight is 389 g/mol. The van der Waals surface area contributed by atoms with E-state index in [0.717, 1.165) is 33.7 Å². The van der Waals surface area contributed by atoms with E-state index in [1.165, 1.54) is 4.88 Å². The molecule has 1 amide bonds. The largest absolute Gasteiger partial charge is 0.365 e. The molecule has 0 aliphatic rings. The first-order valence-corrected chi connectivity index (χ1v) is 9.82. The van der Waals surface area contributed by atoms with Gasteiger partial charge in [0.2, 0.25) is 0 Å². The maximum absolute atomic E-state index is 12.3. The summed E-state index contributed by atoms with van der Waals surface area (Å²) in [7, 11) is 0. The van der Waals surface area contributed by atoms with Gasteiger partial charge in [-0.25, -0.2) is 9.97 Å². The lowest BCUT2D eigenvalue weighted by Crippen LogP contribution is -2.12. The van der Waals surface area contributed by atoms with Crippen LogP contribution in [-0.2, 0) is 13.0 Å². The van der Waals surface area contributed by atoms with Crippen molar-refractivity contribution in [3.05, 3.63) is 77.2 Å². The van der Waals surface area contributed by atoms with Crippen LogP contribution in [0.15, 0.2) is 61.2 Å². The SMILES string of the molecule is CCc1cc2c(NCc3cccc(NC(=O)c4ccncc4)c3)ncnc2s1. The highest BCUT2D eigenvalue weighted by Crippen LogP contribution is 2.28. The molecule has 28 heavy (non-hydrogen) atoms. The normalized spacial score (nSPS) is 10.8. The molecule has 140 valence electrons. The number of anilines is 2. The minimum absolute atomic E-state index is 0.157. The summed E-state index contributed by atoms with van der Waals surface area (Å²) in [5.74, 6) is 0.669. The van der Waals surface area contributed by atoms with Gasteiger partial charge in [-0.15, -0.1) is 11.3 Å². The van der Waals surface area contributed by atoms with Crippen LogP contribution in [0.25, 0.3) is 10.2 Å². The predicted octanol–water partition coefficient (Wildman–Crippen LogP) is 4.51. The van der Waals surface area contributed by atoms with E-state index in [1.54, 1.807) is 42.2 Å². The molecular weight excluding hydrogens is 370 g/mol. The molecule has 0 fully saturated rings. The van der Waals surface area contributed by atoms with Crippen LogP contribution in [0.2, 0.25) is 0 Å². The molecule has 0 spiro atoms. The van der Waals surface area contributed by atoms with Crippen molar-refractivity contribution in [1.82, 2.24) is 15.0 Å². The van der Waals surface area contributed by atoms with Gasteiger partial charge in [0.1, 0.15) is 17.0 Å². The summed E-state index contributed by atoms with van der Waals surface area (Å²) in [5, 5.41) is 7.35. The van der Waals surface area contributed by atoms with Crippen LogP contribution in [0.1, 0.15) is 27.7 Å². The summed E-state index contributed by atoms with van der Waals surface area (Å²) in [6.07, 6.45) is 5.78. The third-order valence-electron chi connectivity index (χ3n) is 4.32. The number of hydrogen-bond acceptors (Lipinski definition) is 6. The van der Waals surface area contributed by atoms with E-state index in [0.29, 0.717) is 12.1 Å². The molecule has 0 saturated heterocycles. The Hall–Kier alpha value is -3.32. The van der Waals surface area contributed by atoms with Crippen molar-refractivity contribution in [3.63, 3.8) is 0 Å². The lowest BCUT2D eigenvalue weighted by molar-refractivity contribution is 0.102. The molecule has 0 saturated carbocycles. The third kappa shape index (κ3) is 3.99. The summed E-state index contributed by atoms with van der Waals surface area (Å²) >= 11 is 1.70. The standard InChI is InChI=1S/C21H19N5OS/c1-2-17-11-18-19(24-13-25-21(18)28-17)23-12-14-4-3-5-16(10-14)26-20(27)15-6-8-22-9-7-15/h3-11,13H,2,12H2,1H3,(H,26,27)(H,23,24,25). The third-order valence-corrected chi connectivity index (χ3v) is 5.50. The molecular formula is C21H19N5OS. The fourth-order valence-electron chi connectivity index (χ4n) is 2.87. The smallest absolute Gasteiger partial charge is 0.255 e. The Morgan fingerprint density at radius 3 is 2.79 bits per heavy atom. The quantitative estimate of drug-likeness (QED) is 0.507. The summed E-state index contributed by atoms with van der Waals surface area (Å²) in [4.78, 5) is 27.3. The highest BCUT2D eigenvalue weighted by atomic mass is 32.1. The summed E-state index contributed by atoms with van der Waals surface area (Å²) < 4.78 is 0. The zero-order chi connectivity index (χ0) is 19.3. The Labute approximate surface area is 166 Å². The zero-order valence-corrected chi connectivity index (χ0v) is 16.2. The Morgan fingerprint density at radius 2 is 1.96 bits per heavy atom. The molecule has 0 aliphatic carbocycles. The van der Waals surface area contributed by atoms with E-state index in [2.05, 4.69) is 38.6 Å². The lowest BCUT2D eigenvalue weighted by Gasteiger charge is -2.09. The Morgan fingerprint density at radius 1 is 1.11 bits per heavy atom. The van der Waals surface area contributed by atoms with Crippen LogP contribution in [0.3, 0.4) is 0 Å². The maximum Gasteiger partial charge on any atom is 0.255 e. The number of carbonyl (C=O) groups excluding carboxylic acids is 1. The van der Waals surface area contributed by atoms with E-state index in [4.69, 9.17) is 0 Å². The molecule has 0 aliphatic heterocycles. The fourth-order valence-corrected chi connectivity index (χ4v) is 3.81. The molecule has 3 aromatic heterocycles. The Balaban J connectivity index is 1.47. The van der Waals surface area contributed by atoms with Crippen LogP contribution in [0.4, 0.5) is 11.5 Å². The van der Waals surface area contributed by atoms with Crippen LogP contribution in [0.5, 0.6) is 0 Å². The van der Waals surface area contributed by atoms with Crippen molar-refractivity contribution in [2.75, 3.05) is 10.6 Å². The second-order valence-electron chi connectivity index (χ2n) is 6.25. The van der Waals surface area contributed by atoms with Gasteiger partial charge in [-0.3, -0.25) is 9.78 Å². The van der Waals surface area contributed by atoms with Crippen molar-refractivity contribution < 1.29 is 4.79 Å². The van der Waals surface area contributed by atoms with Gasteiger partial charge < -0.3 is 10.6 Å². The van der Waals surface area contributed by atoms with Gasteiger partial charge in [0.15, 0.2) is 0 Å². The van der Waals surface area contributed by atoms with Gasteiger partial charge in [-0.2, -0.15) is 0 Å². The van der Waals surface area contributed by atoms with Crippen LogP contribution >= 0.6 is 11.3 Å². The first-order chi connectivity index (χ1) is 13.7. The number of fused-ring (bicyclic) bond motifs is 1. The summed E-state index contributed by atoms with van der Waals surface area (Å²) in [6.45, 7) is 2.74. The number of nitrogens with zero attached hydrogens (tertiary/aromatic N) is 3. The van der Waals surface area contributed by atoms with Crippen molar-refractivity contribution >= 4 is 39.0 Å². The highest BCUT2D eigenvalue weighted by molar-refractivity contribution is 7.18. The molecule has 0 bridgehead atoms. The van der Waals surface area contributed by atoms with Crippen molar-refractivity contribution in [3.8, 4) is 0 Å². The van der Waals surface area contributed by atoms with Crippen molar-refractivity contribution in [2.45, 2.75) is 19.9 Å². The predicted molar refractivity (Wildman–Crippen MR) is 113 cm³/mol. The van der Waals surface area contributed by atoms with Gasteiger partial charge >= 0.3 is 0 Å². The number of aryl methyl sites for hydroxylation is 1. The number of rotatable bonds is 6. The first-order valence-electron chi connectivity index (χ1n) is 9.00. The topological polar surface area (TPSA) is 79.8 Å². The second-order valence-corrected chi connectivity index (χ2v) is 7.37. The zero-order valence-electron chi connectivity index (χ0n) is 15.3. The number of aromatic nitrogens is 3. The summed E-state index contributed by atoms with van der Waals surface area (Å²) in [5.41, 5.74) is 2.37. The number of pyridine rings is 1. The van der Waals surface area contributed by atoms with Crippen LogP contribution in [-0.4, -0.2) is 20.9 Å². The van der Waals surface area contributed by atoms with E-state index in [1.807, 2.05) is 24.3 Å². The highest BCUT2D eigenvalue weighted by Gasteiger charge is 2.09. The Kier molecular flexibility index (Phi) is 5.25. The average Bonchev–Trinajstić information content (AvgIpc) is 3.17. The monoisotopic (exact) mass is 389 g/mol. The van der Waals surface area contributed by atoms with Gasteiger partial charge in [0.25, 0.3) is 5.91 Å². The molecule has 0 atom stereocenters. The van der Waals surface area contributed by atoms with Crippen LogP contribution < -0.4 is 10.6 Å². The second kappa shape index (κ2) is 8.14. The molecule has 1 aromatic carbocycles. The number of hydrogen-bond donors (Lipinski definition) is 2. The van der Waals surface area contributed by atoms with Gasteiger partial charge in [-0.1, -0.05) is 19.1 Å². The first kappa shape index (κ1) is 18.1. The van der Waals surface area contributed by atoms with Crippen molar-refractivity contribution in [2.24, 2.45) is 0 Å². The molecule has 0 unspecified atom stereocenters. The molecule has 7 heteroatoms. The summed E-state index contributed by atoms with van der Waals surface area (Å²) in [6, 6.07) is 13.3. The molecule has 0 radical (unpaired) electrons. The van der Waals surface area contributed by atoms with E-state index in [9.17, 15) is 4.79 Å². The molecule has 3 heterocycles. The van der Waals surface area contributed by atoms with Gasteiger partial charge in [0.05, 0.1) is 5.39 Å². The molecule has 4 rings (SSSR count). The minimum Gasteiger partial charge on any atom is -0.365 e. The minimum atomic E-state index is -0.157. The molecule has 4 aromatic rings. The van der Waals surface area contributed by atoms with E-state index in [-0.39, 0.29) is 5.91 Å². The number of nitrogens with one attached hydrogen (secondary N) is 2. The number of benzene rings is 1. The van der Waals surface area contributed by atoms with Crippen LogP contribution in [0, 0.1) is 0 Å². The number of carbonyl (C=O) groups is 1. The molecule has 2 N–H and O–H groups in total. The fraction of sp³-hybridized carbons (Fsp3) is 0.143. The number of amides is 1. The van der Waals surface area contributed by atoms with Gasteiger partial charge in [0, 0.05) is 35.1 Å². The maximum atomic E-state index is 12.3. The molecule has 6 nitrogen and oxygen atoms in total. The Bertz CT molecular complexity index is 1110. The van der Waals surface area contributed by atoms with E-state index < -0.39 is 0 Å². The van der Waals surface area contributed by atoms with E-state index >= 15 is 0 Å². The number of thiophene rings is 1. The lowest BCUT2D eigenvalue weighted by atomic mass is 10.2. The van der Waals surface area contributed by atoms with Gasteiger partial charge in [-0.05, 0) is 42.3 Å².